The van der Waals surface area contributed by atoms with E-state index in [0.717, 1.165) is 23.8 Å². The molecule has 15 heavy (non-hydrogen) atoms. The molecule has 0 aromatic carbocycles. The van der Waals surface area contributed by atoms with E-state index in [2.05, 4.69) is 36.7 Å². The molecular formula is C13H25BrO. The van der Waals surface area contributed by atoms with Crippen molar-refractivity contribution in [2.45, 2.75) is 52.6 Å². The lowest BCUT2D eigenvalue weighted by Crippen LogP contribution is -2.28. The lowest BCUT2D eigenvalue weighted by Gasteiger charge is -2.32. The molecule has 1 aliphatic carbocycles. The van der Waals surface area contributed by atoms with Crippen LogP contribution in [0.15, 0.2) is 0 Å². The number of hydrogen-bond acceptors (Lipinski definition) is 1. The summed E-state index contributed by atoms with van der Waals surface area (Å²) in [6.45, 7) is 7.91. The first-order valence-electron chi connectivity index (χ1n) is 6.34. The summed E-state index contributed by atoms with van der Waals surface area (Å²) in [5, 5.41) is 1.07. The quantitative estimate of drug-likeness (QED) is 0.683. The van der Waals surface area contributed by atoms with Gasteiger partial charge in [-0.1, -0.05) is 43.1 Å². The van der Waals surface area contributed by atoms with Gasteiger partial charge in [0.25, 0.3) is 0 Å². The predicted octanol–water partition coefficient (Wildman–Crippen LogP) is 4.25. The molecule has 0 radical (unpaired) electrons. The topological polar surface area (TPSA) is 9.23 Å². The van der Waals surface area contributed by atoms with E-state index in [9.17, 15) is 0 Å². The second-order valence-electron chi connectivity index (χ2n) is 5.15. The van der Waals surface area contributed by atoms with Gasteiger partial charge in [0.2, 0.25) is 0 Å². The van der Waals surface area contributed by atoms with Crippen LogP contribution < -0.4 is 0 Å². The van der Waals surface area contributed by atoms with Crippen molar-refractivity contribution in [1.82, 2.24) is 0 Å². The maximum Gasteiger partial charge on any atom is 0.0578 e. The van der Waals surface area contributed by atoms with Crippen LogP contribution in [0.1, 0.15) is 46.5 Å². The highest BCUT2D eigenvalue weighted by Gasteiger charge is 2.25. The SMILES string of the molecule is CCC(CBr)COC1CCC(C)C(C)C1. The number of alkyl halides is 1. The summed E-state index contributed by atoms with van der Waals surface area (Å²) in [5.74, 6) is 2.43. The van der Waals surface area contributed by atoms with Gasteiger partial charge in [0.15, 0.2) is 0 Å². The van der Waals surface area contributed by atoms with Crippen LogP contribution in [0.25, 0.3) is 0 Å². The van der Waals surface area contributed by atoms with Crippen molar-refractivity contribution >= 4 is 15.9 Å². The number of ether oxygens (including phenoxy) is 1. The van der Waals surface area contributed by atoms with Gasteiger partial charge in [0.05, 0.1) is 12.7 Å². The first-order chi connectivity index (χ1) is 7.17. The van der Waals surface area contributed by atoms with Crippen molar-refractivity contribution in [2.24, 2.45) is 17.8 Å². The van der Waals surface area contributed by atoms with Crippen molar-refractivity contribution in [1.29, 1.82) is 0 Å². The van der Waals surface area contributed by atoms with Crippen LogP contribution in [0.4, 0.5) is 0 Å². The molecule has 90 valence electrons. The van der Waals surface area contributed by atoms with E-state index < -0.39 is 0 Å². The Labute approximate surface area is 103 Å². The van der Waals surface area contributed by atoms with Gasteiger partial charge in [0, 0.05) is 5.33 Å². The third-order valence-corrected chi connectivity index (χ3v) is 4.83. The van der Waals surface area contributed by atoms with Crippen LogP contribution in [-0.4, -0.2) is 18.0 Å². The summed E-state index contributed by atoms with van der Waals surface area (Å²) < 4.78 is 6.02. The molecule has 2 heteroatoms. The number of rotatable bonds is 5. The fourth-order valence-corrected chi connectivity index (χ4v) is 2.84. The maximum atomic E-state index is 6.02. The normalized spacial score (nSPS) is 34.0. The minimum Gasteiger partial charge on any atom is -0.378 e. The molecule has 0 spiro atoms. The summed E-state index contributed by atoms with van der Waals surface area (Å²) >= 11 is 3.54. The van der Waals surface area contributed by atoms with Gasteiger partial charge >= 0.3 is 0 Å². The van der Waals surface area contributed by atoms with Gasteiger partial charge < -0.3 is 4.74 Å². The van der Waals surface area contributed by atoms with Crippen molar-refractivity contribution in [3.05, 3.63) is 0 Å². The lowest BCUT2D eigenvalue weighted by atomic mass is 9.80. The van der Waals surface area contributed by atoms with E-state index >= 15 is 0 Å². The zero-order valence-corrected chi connectivity index (χ0v) is 11.9. The van der Waals surface area contributed by atoms with Gasteiger partial charge in [-0.25, -0.2) is 0 Å². The standard InChI is InChI=1S/C13H25BrO/c1-4-12(8-14)9-15-13-6-5-10(2)11(3)7-13/h10-13H,4-9H2,1-3H3. The molecule has 4 atom stereocenters. The van der Waals surface area contributed by atoms with Gasteiger partial charge in [-0.2, -0.15) is 0 Å². The Kier molecular flexibility index (Phi) is 6.21. The van der Waals surface area contributed by atoms with E-state index in [0.29, 0.717) is 12.0 Å². The second kappa shape index (κ2) is 6.90. The Morgan fingerprint density at radius 3 is 2.53 bits per heavy atom. The van der Waals surface area contributed by atoms with Crippen LogP contribution in [0, 0.1) is 17.8 Å². The molecule has 0 aromatic rings. The Bertz CT molecular complexity index is 168. The molecule has 4 unspecified atom stereocenters. The largest absolute Gasteiger partial charge is 0.378 e. The first-order valence-corrected chi connectivity index (χ1v) is 7.47. The molecule has 0 aliphatic heterocycles. The molecule has 0 N–H and O–H groups in total. The Hall–Kier alpha value is 0.440. The molecule has 1 nitrogen and oxygen atoms in total. The molecule has 0 saturated heterocycles. The lowest BCUT2D eigenvalue weighted by molar-refractivity contribution is -0.0112. The monoisotopic (exact) mass is 276 g/mol. The maximum absolute atomic E-state index is 6.02. The Morgan fingerprint density at radius 2 is 2.00 bits per heavy atom. The van der Waals surface area contributed by atoms with Gasteiger partial charge in [0.1, 0.15) is 0 Å². The Balaban J connectivity index is 2.22. The van der Waals surface area contributed by atoms with E-state index in [4.69, 9.17) is 4.74 Å². The third-order valence-electron chi connectivity index (χ3n) is 3.91. The average molecular weight is 277 g/mol. The fourth-order valence-electron chi connectivity index (χ4n) is 2.19. The molecule has 1 aliphatic rings. The van der Waals surface area contributed by atoms with Crippen molar-refractivity contribution in [2.75, 3.05) is 11.9 Å². The number of hydrogen-bond donors (Lipinski definition) is 0. The van der Waals surface area contributed by atoms with Crippen molar-refractivity contribution in [3.8, 4) is 0 Å². The third kappa shape index (κ3) is 4.44. The molecule has 0 heterocycles. The van der Waals surface area contributed by atoms with Crippen LogP contribution >= 0.6 is 15.9 Å². The second-order valence-corrected chi connectivity index (χ2v) is 5.80. The molecular weight excluding hydrogens is 252 g/mol. The minimum atomic E-state index is 0.532. The van der Waals surface area contributed by atoms with Crippen LogP contribution in [0.3, 0.4) is 0 Å². The molecule has 1 rings (SSSR count). The summed E-state index contributed by atoms with van der Waals surface area (Å²) in [7, 11) is 0. The number of halogens is 1. The molecule has 0 amide bonds. The van der Waals surface area contributed by atoms with Crippen LogP contribution in [0.2, 0.25) is 0 Å². The summed E-state index contributed by atoms with van der Waals surface area (Å²) in [4.78, 5) is 0. The van der Waals surface area contributed by atoms with Gasteiger partial charge in [-0.3, -0.25) is 0 Å². The zero-order chi connectivity index (χ0) is 11.3. The van der Waals surface area contributed by atoms with Crippen LogP contribution in [0.5, 0.6) is 0 Å². The van der Waals surface area contributed by atoms with Crippen molar-refractivity contribution in [3.63, 3.8) is 0 Å². The van der Waals surface area contributed by atoms with Crippen molar-refractivity contribution < 1.29 is 4.74 Å². The fraction of sp³-hybridized carbons (Fsp3) is 1.00. The first kappa shape index (κ1) is 13.5. The highest BCUT2D eigenvalue weighted by atomic mass is 79.9. The average Bonchev–Trinajstić information content (AvgIpc) is 2.24. The smallest absolute Gasteiger partial charge is 0.0578 e. The zero-order valence-electron chi connectivity index (χ0n) is 10.3. The molecule has 1 saturated carbocycles. The van der Waals surface area contributed by atoms with Gasteiger partial charge in [-0.05, 0) is 37.0 Å². The van der Waals surface area contributed by atoms with Crippen LogP contribution in [-0.2, 0) is 4.74 Å². The molecule has 0 bridgehead atoms. The predicted molar refractivity (Wildman–Crippen MR) is 69.5 cm³/mol. The summed E-state index contributed by atoms with van der Waals surface area (Å²) in [6, 6.07) is 0. The summed E-state index contributed by atoms with van der Waals surface area (Å²) in [6.07, 6.45) is 5.62. The van der Waals surface area contributed by atoms with E-state index in [1.165, 1.54) is 25.7 Å². The minimum absolute atomic E-state index is 0.532. The molecule has 1 fully saturated rings. The molecule has 0 aromatic heterocycles. The summed E-state index contributed by atoms with van der Waals surface area (Å²) in [5.41, 5.74) is 0. The van der Waals surface area contributed by atoms with E-state index in [-0.39, 0.29) is 0 Å². The van der Waals surface area contributed by atoms with E-state index in [1.807, 2.05) is 0 Å². The highest BCUT2D eigenvalue weighted by Crippen LogP contribution is 2.31. The van der Waals surface area contributed by atoms with Gasteiger partial charge in [-0.15, -0.1) is 0 Å². The highest BCUT2D eigenvalue weighted by molar-refractivity contribution is 9.09. The van der Waals surface area contributed by atoms with E-state index in [1.54, 1.807) is 0 Å². The Morgan fingerprint density at radius 1 is 1.27 bits per heavy atom.